The third kappa shape index (κ3) is 3.50. The number of nitrogens with zero attached hydrogens (tertiary/aromatic N) is 3. The molecule has 0 bridgehead atoms. The summed E-state index contributed by atoms with van der Waals surface area (Å²) in [5.41, 5.74) is 1.16. The Morgan fingerprint density at radius 1 is 1.41 bits per heavy atom. The summed E-state index contributed by atoms with van der Waals surface area (Å²) in [6.45, 7) is 10.1. The average molecular weight is 298 g/mol. The monoisotopic (exact) mass is 297 g/mol. The van der Waals surface area contributed by atoms with Crippen LogP contribution in [0.4, 0.5) is 0 Å². The lowest BCUT2D eigenvalue weighted by molar-refractivity contribution is 0.0826. The highest BCUT2D eigenvalue weighted by Crippen LogP contribution is 2.13. The molecule has 1 fully saturated rings. The maximum Gasteiger partial charge on any atom is 0.0544 e. The molecule has 0 amide bonds. The van der Waals surface area contributed by atoms with Gasteiger partial charge in [-0.1, -0.05) is 6.92 Å². The molecule has 1 aromatic heterocycles. The van der Waals surface area contributed by atoms with Crippen LogP contribution in [-0.2, 0) is 6.54 Å². The molecule has 1 saturated heterocycles. The van der Waals surface area contributed by atoms with Crippen LogP contribution in [0.15, 0.2) is 22.8 Å². The highest BCUT2D eigenvalue weighted by molar-refractivity contribution is 9.10. The van der Waals surface area contributed by atoms with Crippen LogP contribution in [0.2, 0.25) is 0 Å². The van der Waals surface area contributed by atoms with Crippen LogP contribution in [0.3, 0.4) is 0 Å². The summed E-state index contributed by atoms with van der Waals surface area (Å²) < 4.78 is 1.05. The van der Waals surface area contributed by atoms with Crippen LogP contribution in [0.5, 0.6) is 0 Å². The van der Waals surface area contributed by atoms with E-state index in [2.05, 4.69) is 56.7 Å². The second-order valence-corrected chi connectivity index (χ2v) is 5.60. The highest BCUT2D eigenvalue weighted by atomic mass is 79.9. The van der Waals surface area contributed by atoms with Crippen molar-refractivity contribution in [3.63, 3.8) is 0 Å². The number of pyridine rings is 1. The maximum absolute atomic E-state index is 4.43. The average Bonchev–Trinajstić information content (AvgIpc) is 2.32. The van der Waals surface area contributed by atoms with Gasteiger partial charge in [0.05, 0.1) is 5.69 Å². The van der Waals surface area contributed by atoms with E-state index in [9.17, 15) is 0 Å². The minimum absolute atomic E-state index is 0.657. The molecule has 17 heavy (non-hydrogen) atoms. The van der Waals surface area contributed by atoms with Crippen LogP contribution in [0.25, 0.3) is 0 Å². The molecule has 94 valence electrons. The first kappa shape index (κ1) is 13.0. The zero-order chi connectivity index (χ0) is 12.3. The molecule has 3 nitrogen and oxygen atoms in total. The van der Waals surface area contributed by atoms with Crippen molar-refractivity contribution in [1.29, 1.82) is 0 Å². The lowest BCUT2D eigenvalue weighted by Gasteiger charge is -2.39. The number of likely N-dealkylation sites (N-methyl/N-ethyl adjacent to an activating group) is 1. The smallest absolute Gasteiger partial charge is 0.0544 e. The van der Waals surface area contributed by atoms with Gasteiger partial charge in [0.1, 0.15) is 0 Å². The number of rotatable bonds is 3. The minimum atomic E-state index is 0.657. The summed E-state index contributed by atoms with van der Waals surface area (Å²) in [4.78, 5) is 9.46. The quantitative estimate of drug-likeness (QED) is 0.854. The predicted octanol–water partition coefficient (Wildman–Crippen LogP) is 2.37. The van der Waals surface area contributed by atoms with Gasteiger partial charge in [-0.2, -0.15) is 0 Å². The lowest BCUT2D eigenvalue weighted by atomic mass is 10.2. The van der Waals surface area contributed by atoms with Gasteiger partial charge in [0.15, 0.2) is 0 Å². The van der Waals surface area contributed by atoms with Gasteiger partial charge < -0.3 is 0 Å². The molecule has 1 aromatic rings. The van der Waals surface area contributed by atoms with E-state index >= 15 is 0 Å². The Morgan fingerprint density at radius 2 is 2.24 bits per heavy atom. The summed E-state index contributed by atoms with van der Waals surface area (Å²) in [5, 5.41) is 0. The zero-order valence-corrected chi connectivity index (χ0v) is 12.2. The van der Waals surface area contributed by atoms with Crippen LogP contribution >= 0.6 is 15.9 Å². The highest BCUT2D eigenvalue weighted by Gasteiger charge is 2.22. The van der Waals surface area contributed by atoms with Gasteiger partial charge in [-0.3, -0.25) is 14.8 Å². The topological polar surface area (TPSA) is 19.4 Å². The zero-order valence-electron chi connectivity index (χ0n) is 10.6. The molecule has 4 heteroatoms. The van der Waals surface area contributed by atoms with Crippen molar-refractivity contribution in [3.8, 4) is 0 Å². The van der Waals surface area contributed by atoms with Crippen molar-refractivity contribution in [2.75, 3.05) is 26.2 Å². The number of hydrogen-bond acceptors (Lipinski definition) is 3. The summed E-state index contributed by atoms with van der Waals surface area (Å²) >= 11 is 3.41. The van der Waals surface area contributed by atoms with Crippen molar-refractivity contribution in [1.82, 2.24) is 14.8 Å². The Morgan fingerprint density at radius 3 is 2.82 bits per heavy atom. The molecule has 1 atom stereocenters. The number of aromatic nitrogens is 1. The second-order valence-electron chi connectivity index (χ2n) is 4.68. The molecule has 2 heterocycles. The Labute approximate surface area is 112 Å². The van der Waals surface area contributed by atoms with Crippen LogP contribution < -0.4 is 0 Å². The Hall–Kier alpha value is -0.450. The first-order chi connectivity index (χ1) is 8.19. The predicted molar refractivity (Wildman–Crippen MR) is 73.9 cm³/mol. The van der Waals surface area contributed by atoms with Crippen LogP contribution in [0, 0.1) is 0 Å². The van der Waals surface area contributed by atoms with Gasteiger partial charge in [0.2, 0.25) is 0 Å². The van der Waals surface area contributed by atoms with E-state index < -0.39 is 0 Å². The fraction of sp³-hybridized carbons (Fsp3) is 0.615. The van der Waals surface area contributed by atoms with Crippen LogP contribution in [-0.4, -0.2) is 47.0 Å². The van der Waals surface area contributed by atoms with Gasteiger partial charge >= 0.3 is 0 Å². The molecule has 0 N–H and O–H groups in total. The molecule has 0 aliphatic carbocycles. The molecule has 1 unspecified atom stereocenters. The first-order valence-corrected chi connectivity index (χ1v) is 7.05. The largest absolute Gasteiger partial charge is 0.298 e. The fourth-order valence-corrected chi connectivity index (χ4v) is 2.65. The standard InChI is InChI=1S/C13H20BrN3/c1-3-17-7-6-16(9-11(17)2)10-13-5-4-12(14)8-15-13/h4-5,8,11H,3,6-7,9-10H2,1-2H3. The minimum Gasteiger partial charge on any atom is -0.298 e. The fourth-order valence-electron chi connectivity index (χ4n) is 2.41. The third-order valence-corrected chi connectivity index (χ3v) is 3.90. The molecule has 1 aliphatic rings. The van der Waals surface area contributed by atoms with E-state index in [1.54, 1.807) is 0 Å². The van der Waals surface area contributed by atoms with Crippen molar-refractivity contribution in [2.45, 2.75) is 26.4 Å². The Balaban J connectivity index is 1.90. The summed E-state index contributed by atoms with van der Waals surface area (Å²) in [6.07, 6.45) is 1.88. The first-order valence-electron chi connectivity index (χ1n) is 6.26. The number of piperazine rings is 1. The normalized spacial score (nSPS) is 22.9. The van der Waals surface area contributed by atoms with E-state index in [0.29, 0.717) is 6.04 Å². The number of hydrogen-bond donors (Lipinski definition) is 0. The van der Waals surface area contributed by atoms with Crippen molar-refractivity contribution in [2.24, 2.45) is 0 Å². The molecule has 0 spiro atoms. The van der Waals surface area contributed by atoms with Gasteiger partial charge in [-0.15, -0.1) is 0 Å². The molecular formula is C13H20BrN3. The molecule has 2 rings (SSSR count). The van der Waals surface area contributed by atoms with E-state index in [1.807, 2.05) is 6.20 Å². The Kier molecular flexibility index (Phi) is 4.54. The van der Waals surface area contributed by atoms with E-state index in [1.165, 1.54) is 6.54 Å². The van der Waals surface area contributed by atoms with Crippen molar-refractivity contribution >= 4 is 15.9 Å². The van der Waals surface area contributed by atoms with Gasteiger partial charge in [-0.05, 0) is 41.5 Å². The van der Waals surface area contributed by atoms with E-state index in [4.69, 9.17) is 0 Å². The van der Waals surface area contributed by atoms with E-state index in [-0.39, 0.29) is 0 Å². The summed E-state index contributed by atoms with van der Waals surface area (Å²) in [6, 6.07) is 4.82. The number of halogens is 1. The molecule has 0 radical (unpaired) electrons. The molecular weight excluding hydrogens is 278 g/mol. The van der Waals surface area contributed by atoms with Gasteiger partial charge in [-0.25, -0.2) is 0 Å². The van der Waals surface area contributed by atoms with Crippen LogP contribution in [0.1, 0.15) is 19.5 Å². The third-order valence-electron chi connectivity index (χ3n) is 3.43. The molecule has 0 aromatic carbocycles. The van der Waals surface area contributed by atoms with E-state index in [0.717, 1.165) is 36.3 Å². The Bertz CT molecular complexity index is 352. The van der Waals surface area contributed by atoms with Gasteiger partial charge in [0.25, 0.3) is 0 Å². The van der Waals surface area contributed by atoms with Crippen molar-refractivity contribution < 1.29 is 0 Å². The lowest BCUT2D eigenvalue weighted by Crippen LogP contribution is -2.51. The summed E-state index contributed by atoms with van der Waals surface area (Å²) in [7, 11) is 0. The summed E-state index contributed by atoms with van der Waals surface area (Å²) in [5.74, 6) is 0. The van der Waals surface area contributed by atoms with Crippen molar-refractivity contribution in [3.05, 3.63) is 28.5 Å². The second kappa shape index (κ2) is 5.94. The SMILES string of the molecule is CCN1CCN(Cc2ccc(Br)cn2)CC1C. The molecule has 1 aliphatic heterocycles. The molecule has 0 saturated carbocycles. The maximum atomic E-state index is 4.43. The van der Waals surface area contributed by atoms with Gasteiger partial charge in [0, 0.05) is 42.9 Å².